The minimum absolute atomic E-state index is 0.145. The number of hydrogen-bond donors (Lipinski definition) is 1. The summed E-state index contributed by atoms with van der Waals surface area (Å²) >= 11 is 0. The fourth-order valence-electron chi connectivity index (χ4n) is 1.82. The first-order valence-corrected chi connectivity index (χ1v) is 6.63. The van der Waals surface area contributed by atoms with Crippen LogP contribution in [0.4, 0.5) is 5.69 Å². The van der Waals surface area contributed by atoms with Crippen molar-refractivity contribution in [3.8, 4) is 0 Å². The molecule has 1 N–H and O–H groups in total. The van der Waals surface area contributed by atoms with Gasteiger partial charge in [0, 0.05) is 32.0 Å². The van der Waals surface area contributed by atoms with Gasteiger partial charge >= 0.3 is 5.97 Å². The first-order valence-electron chi connectivity index (χ1n) is 6.63. The third-order valence-corrected chi connectivity index (χ3v) is 3.36. The van der Waals surface area contributed by atoms with Crippen molar-refractivity contribution in [1.82, 2.24) is 9.88 Å². The van der Waals surface area contributed by atoms with Crippen LogP contribution in [0.15, 0.2) is 18.3 Å². The lowest BCUT2D eigenvalue weighted by Crippen LogP contribution is -2.36. The van der Waals surface area contributed by atoms with Crippen molar-refractivity contribution in [2.24, 2.45) is 0 Å². The number of nitrogens with zero attached hydrogens (tertiary/aromatic N) is 3. The summed E-state index contributed by atoms with van der Waals surface area (Å²) in [7, 11) is 1.68. The van der Waals surface area contributed by atoms with Crippen LogP contribution in [-0.2, 0) is 4.79 Å². The number of carbonyl (C=O) groups excluding carboxylic acids is 1. The molecule has 0 aromatic carbocycles. The Kier molecular flexibility index (Phi) is 5.49. The van der Waals surface area contributed by atoms with Gasteiger partial charge in [-0.15, -0.1) is 0 Å². The molecule has 0 aliphatic heterocycles. The van der Waals surface area contributed by atoms with Gasteiger partial charge in [-0.1, -0.05) is 0 Å². The van der Waals surface area contributed by atoms with Gasteiger partial charge in [-0.2, -0.15) is 0 Å². The minimum Gasteiger partial charge on any atom is -0.480 e. The van der Waals surface area contributed by atoms with E-state index in [1.807, 2.05) is 13.8 Å². The van der Waals surface area contributed by atoms with Gasteiger partial charge in [0.05, 0.1) is 0 Å². The molecular weight excluding hydrogens is 258 g/mol. The molecule has 1 rings (SSSR count). The number of aromatic nitrogens is 1. The lowest BCUT2D eigenvalue weighted by Gasteiger charge is -2.24. The number of carboxylic acid groups (broad SMARTS) is 1. The Hall–Kier alpha value is -2.11. The summed E-state index contributed by atoms with van der Waals surface area (Å²) < 4.78 is 0. The van der Waals surface area contributed by atoms with Crippen molar-refractivity contribution in [3.05, 3.63) is 24.0 Å². The first-order chi connectivity index (χ1) is 9.42. The van der Waals surface area contributed by atoms with E-state index in [0.717, 1.165) is 0 Å². The van der Waals surface area contributed by atoms with Gasteiger partial charge in [0.25, 0.3) is 5.91 Å². The van der Waals surface area contributed by atoms with Crippen LogP contribution in [-0.4, -0.2) is 53.0 Å². The third-order valence-electron chi connectivity index (χ3n) is 3.36. The van der Waals surface area contributed by atoms with E-state index >= 15 is 0 Å². The monoisotopic (exact) mass is 279 g/mol. The molecule has 0 radical (unpaired) electrons. The molecule has 1 aromatic rings. The fourth-order valence-corrected chi connectivity index (χ4v) is 1.82. The Morgan fingerprint density at radius 1 is 1.35 bits per heavy atom. The minimum atomic E-state index is -0.916. The summed E-state index contributed by atoms with van der Waals surface area (Å²) in [6, 6.07) is 2.65. The van der Waals surface area contributed by atoms with Gasteiger partial charge in [-0.3, -0.25) is 9.78 Å². The van der Waals surface area contributed by atoms with Crippen molar-refractivity contribution in [2.75, 3.05) is 25.0 Å². The molecule has 1 heterocycles. The maximum absolute atomic E-state index is 12.2. The van der Waals surface area contributed by atoms with Crippen molar-refractivity contribution in [1.29, 1.82) is 0 Å². The van der Waals surface area contributed by atoms with Crippen LogP contribution >= 0.6 is 0 Å². The molecule has 110 valence electrons. The third kappa shape index (κ3) is 3.46. The lowest BCUT2D eigenvalue weighted by molar-refractivity contribution is -0.138. The number of carbonyl (C=O) groups is 2. The van der Waals surface area contributed by atoms with Gasteiger partial charge in [0.15, 0.2) is 0 Å². The molecular formula is C14H21N3O3. The summed E-state index contributed by atoms with van der Waals surface area (Å²) in [6.07, 6.45) is 1.52. The van der Waals surface area contributed by atoms with E-state index in [1.54, 1.807) is 35.9 Å². The van der Waals surface area contributed by atoms with E-state index in [9.17, 15) is 9.59 Å². The molecule has 1 unspecified atom stereocenters. The van der Waals surface area contributed by atoms with Crippen LogP contribution in [0.1, 0.15) is 31.3 Å². The maximum atomic E-state index is 12.2. The van der Waals surface area contributed by atoms with Gasteiger partial charge in [0.1, 0.15) is 11.7 Å². The Bertz CT molecular complexity index is 486. The van der Waals surface area contributed by atoms with Crippen molar-refractivity contribution >= 4 is 17.6 Å². The standard InChI is InChI=1S/C14H21N3O3/c1-5-17(6-2)13(18)12-9-11(7-8-15-12)16(4)10(3)14(19)20/h7-10H,5-6H2,1-4H3,(H,19,20). The zero-order valence-corrected chi connectivity index (χ0v) is 12.3. The van der Waals surface area contributed by atoms with E-state index in [0.29, 0.717) is 24.5 Å². The Labute approximate surface area is 119 Å². The number of rotatable bonds is 6. The zero-order valence-electron chi connectivity index (χ0n) is 12.3. The van der Waals surface area contributed by atoms with E-state index in [2.05, 4.69) is 4.98 Å². The summed E-state index contributed by atoms with van der Waals surface area (Å²) in [5.74, 6) is -1.06. The second-order valence-electron chi connectivity index (χ2n) is 4.50. The molecule has 1 amide bonds. The van der Waals surface area contributed by atoms with E-state index in [4.69, 9.17) is 5.11 Å². The van der Waals surface area contributed by atoms with E-state index in [-0.39, 0.29) is 5.91 Å². The summed E-state index contributed by atoms with van der Waals surface area (Å²) in [4.78, 5) is 30.6. The molecule has 1 aromatic heterocycles. The summed E-state index contributed by atoms with van der Waals surface area (Å²) in [5.41, 5.74) is 0.987. The predicted molar refractivity (Wildman–Crippen MR) is 77.0 cm³/mol. The number of hydrogen-bond acceptors (Lipinski definition) is 4. The zero-order chi connectivity index (χ0) is 15.3. The molecule has 0 saturated heterocycles. The number of pyridine rings is 1. The Morgan fingerprint density at radius 3 is 2.45 bits per heavy atom. The first kappa shape index (κ1) is 15.9. The fraction of sp³-hybridized carbons (Fsp3) is 0.500. The van der Waals surface area contributed by atoms with Crippen LogP contribution in [0.5, 0.6) is 0 Å². The normalized spacial score (nSPS) is 11.8. The van der Waals surface area contributed by atoms with Crippen LogP contribution in [0.3, 0.4) is 0 Å². The Morgan fingerprint density at radius 2 is 1.95 bits per heavy atom. The molecule has 0 aliphatic carbocycles. The van der Waals surface area contributed by atoms with Crippen LogP contribution in [0.25, 0.3) is 0 Å². The molecule has 0 aliphatic rings. The highest BCUT2D eigenvalue weighted by Crippen LogP contribution is 2.16. The van der Waals surface area contributed by atoms with Crippen LogP contribution in [0.2, 0.25) is 0 Å². The second-order valence-corrected chi connectivity index (χ2v) is 4.50. The quantitative estimate of drug-likeness (QED) is 0.853. The molecule has 20 heavy (non-hydrogen) atoms. The topological polar surface area (TPSA) is 73.7 Å². The van der Waals surface area contributed by atoms with Gasteiger partial charge < -0.3 is 14.9 Å². The second kappa shape index (κ2) is 6.88. The van der Waals surface area contributed by atoms with Gasteiger partial charge in [0.2, 0.25) is 0 Å². The van der Waals surface area contributed by atoms with E-state index in [1.165, 1.54) is 6.20 Å². The highest BCUT2D eigenvalue weighted by molar-refractivity contribution is 5.93. The molecule has 6 heteroatoms. The molecule has 1 atom stereocenters. The van der Waals surface area contributed by atoms with E-state index < -0.39 is 12.0 Å². The average Bonchev–Trinajstić information content (AvgIpc) is 2.46. The van der Waals surface area contributed by atoms with Gasteiger partial charge in [-0.25, -0.2) is 4.79 Å². The lowest BCUT2D eigenvalue weighted by atomic mass is 10.2. The maximum Gasteiger partial charge on any atom is 0.326 e. The average molecular weight is 279 g/mol. The molecule has 0 fully saturated rings. The van der Waals surface area contributed by atoms with Crippen LogP contribution < -0.4 is 4.90 Å². The number of carboxylic acids is 1. The predicted octanol–water partition coefficient (Wildman–Crippen LogP) is 1.47. The van der Waals surface area contributed by atoms with Gasteiger partial charge in [-0.05, 0) is 32.9 Å². The highest BCUT2D eigenvalue weighted by atomic mass is 16.4. The number of amides is 1. The largest absolute Gasteiger partial charge is 0.480 e. The highest BCUT2D eigenvalue weighted by Gasteiger charge is 2.19. The number of aliphatic carboxylic acids is 1. The number of likely N-dealkylation sites (N-methyl/N-ethyl adjacent to an activating group) is 1. The summed E-state index contributed by atoms with van der Waals surface area (Å²) in [5, 5.41) is 9.02. The molecule has 6 nitrogen and oxygen atoms in total. The van der Waals surface area contributed by atoms with Crippen molar-refractivity contribution in [3.63, 3.8) is 0 Å². The molecule has 0 bridgehead atoms. The smallest absolute Gasteiger partial charge is 0.326 e. The van der Waals surface area contributed by atoms with Crippen molar-refractivity contribution < 1.29 is 14.7 Å². The molecule has 0 saturated carbocycles. The summed E-state index contributed by atoms with van der Waals surface area (Å²) in [6.45, 7) is 6.63. The number of anilines is 1. The SMILES string of the molecule is CCN(CC)C(=O)c1cc(N(C)C(C)C(=O)O)ccn1. The Balaban J connectivity index is 3.01. The van der Waals surface area contributed by atoms with Crippen molar-refractivity contribution in [2.45, 2.75) is 26.8 Å². The molecule has 0 spiro atoms. The van der Waals surface area contributed by atoms with Crippen LogP contribution in [0, 0.1) is 0 Å².